The number of nitrogens with one attached hydrogen (secondary N) is 2. The average molecular weight is 511 g/mol. The number of sulfonamides is 1. The molecule has 1 amide bonds. The molecule has 8 nitrogen and oxygen atoms in total. The number of anilines is 1. The van der Waals surface area contributed by atoms with Crippen LogP contribution in [-0.2, 0) is 10.0 Å². The lowest BCUT2D eigenvalue weighted by atomic mass is 10.0. The lowest BCUT2D eigenvalue weighted by molar-refractivity contribution is 0.0952. The number of amides is 1. The Balaban J connectivity index is 1.45. The summed E-state index contributed by atoms with van der Waals surface area (Å²) in [5.41, 5.74) is 1.11. The van der Waals surface area contributed by atoms with Gasteiger partial charge in [-0.15, -0.1) is 0 Å². The second-order valence-corrected chi connectivity index (χ2v) is 11.3. The molecule has 0 radical (unpaired) electrons. The summed E-state index contributed by atoms with van der Waals surface area (Å²) in [5.74, 6) is 0.0274. The topological polar surface area (TPSA) is 103 Å². The number of carbonyl (C=O) groups is 1. The summed E-state index contributed by atoms with van der Waals surface area (Å²) < 4.78 is 27.8. The van der Waals surface area contributed by atoms with Crippen LogP contribution in [0.3, 0.4) is 0 Å². The number of fused-ring (bicyclic) bond motifs is 1. The number of H-pyrrole nitrogens is 1. The van der Waals surface area contributed by atoms with Gasteiger partial charge in [0.05, 0.1) is 4.90 Å². The maximum atomic E-state index is 13.2. The highest BCUT2D eigenvalue weighted by Crippen LogP contribution is 2.25. The monoisotopic (exact) mass is 510 g/mol. The quantitative estimate of drug-likeness (QED) is 0.428. The average Bonchev–Trinajstić information content (AvgIpc) is 2.89. The molecule has 0 bridgehead atoms. The van der Waals surface area contributed by atoms with Crippen LogP contribution in [0, 0.1) is 5.92 Å². The maximum Gasteiger partial charge on any atom is 0.256 e. The summed E-state index contributed by atoms with van der Waals surface area (Å²) >= 11 is 0. The van der Waals surface area contributed by atoms with Crippen LogP contribution in [0.5, 0.6) is 0 Å². The standard InChI is InChI=1S/C27H34N4O4S/c1-3-30(21-8-5-4-6-9-21)15-7-14-28-27(33)24-19-29-25-11-10-22(18-23(25)26(24)32)36(34,35)31-16-12-20(2)13-17-31/h4-6,8-11,18-20H,3,7,12-17H2,1-2H3,(H,28,33)(H,29,32). The van der Waals surface area contributed by atoms with Gasteiger partial charge < -0.3 is 15.2 Å². The molecule has 192 valence electrons. The van der Waals surface area contributed by atoms with Crippen molar-refractivity contribution in [2.24, 2.45) is 5.92 Å². The summed E-state index contributed by atoms with van der Waals surface area (Å²) in [6, 6.07) is 14.6. The molecule has 0 atom stereocenters. The number of pyridine rings is 1. The van der Waals surface area contributed by atoms with Gasteiger partial charge in [-0.25, -0.2) is 8.42 Å². The number of benzene rings is 2. The van der Waals surface area contributed by atoms with Crippen molar-refractivity contribution in [3.05, 3.63) is 70.5 Å². The van der Waals surface area contributed by atoms with E-state index in [0.29, 0.717) is 31.1 Å². The molecule has 1 fully saturated rings. The van der Waals surface area contributed by atoms with E-state index >= 15 is 0 Å². The molecule has 0 aliphatic carbocycles. The van der Waals surface area contributed by atoms with Crippen LogP contribution in [0.1, 0.15) is 43.5 Å². The first kappa shape index (κ1) is 25.9. The minimum atomic E-state index is -3.70. The van der Waals surface area contributed by atoms with E-state index in [1.807, 2.05) is 18.2 Å². The van der Waals surface area contributed by atoms with Gasteiger partial charge in [0.25, 0.3) is 5.91 Å². The zero-order valence-corrected chi connectivity index (χ0v) is 21.7. The predicted molar refractivity (Wildman–Crippen MR) is 143 cm³/mol. The van der Waals surface area contributed by atoms with Gasteiger partial charge in [0.1, 0.15) is 5.56 Å². The Morgan fingerprint density at radius 3 is 2.56 bits per heavy atom. The molecule has 1 saturated heterocycles. The molecule has 0 saturated carbocycles. The van der Waals surface area contributed by atoms with Crippen LogP contribution in [0.2, 0.25) is 0 Å². The van der Waals surface area contributed by atoms with Gasteiger partial charge in [0.2, 0.25) is 15.5 Å². The maximum absolute atomic E-state index is 13.2. The Bertz CT molecular complexity index is 1360. The molecule has 3 aromatic rings. The minimum absolute atomic E-state index is 0.0285. The number of aromatic nitrogens is 1. The summed E-state index contributed by atoms with van der Waals surface area (Å²) in [5, 5.41) is 3.01. The fraction of sp³-hybridized carbons (Fsp3) is 0.407. The van der Waals surface area contributed by atoms with Crippen molar-refractivity contribution in [3.8, 4) is 0 Å². The van der Waals surface area contributed by atoms with Crippen LogP contribution in [0.15, 0.2) is 64.4 Å². The van der Waals surface area contributed by atoms with Crippen molar-refractivity contribution < 1.29 is 13.2 Å². The number of piperidine rings is 1. The number of hydrogen-bond acceptors (Lipinski definition) is 5. The number of rotatable bonds is 9. The van der Waals surface area contributed by atoms with Crippen LogP contribution in [0.4, 0.5) is 5.69 Å². The summed E-state index contributed by atoms with van der Waals surface area (Å²) in [7, 11) is -3.70. The first-order valence-electron chi connectivity index (χ1n) is 12.5. The van der Waals surface area contributed by atoms with Gasteiger partial charge in [-0.2, -0.15) is 4.31 Å². The fourth-order valence-electron chi connectivity index (χ4n) is 4.58. The largest absolute Gasteiger partial charge is 0.372 e. The Kier molecular flexibility index (Phi) is 8.11. The Hall–Kier alpha value is -3.17. The smallest absolute Gasteiger partial charge is 0.256 e. The molecule has 2 heterocycles. The number of para-hydroxylation sites is 1. The molecule has 2 aromatic carbocycles. The zero-order valence-electron chi connectivity index (χ0n) is 20.9. The van der Waals surface area contributed by atoms with Crippen LogP contribution in [0.25, 0.3) is 10.9 Å². The normalized spacial score (nSPS) is 15.2. The van der Waals surface area contributed by atoms with Gasteiger partial charge in [-0.3, -0.25) is 9.59 Å². The summed E-state index contributed by atoms with van der Waals surface area (Å²) in [6.07, 6.45) is 3.75. The van der Waals surface area contributed by atoms with E-state index < -0.39 is 21.4 Å². The van der Waals surface area contributed by atoms with Gasteiger partial charge in [0.15, 0.2) is 0 Å². The highest BCUT2D eigenvalue weighted by molar-refractivity contribution is 7.89. The molecule has 9 heteroatoms. The number of carbonyl (C=O) groups excluding carboxylic acids is 1. The number of nitrogens with zero attached hydrogens (tertiary/aromatic N) is 2. The van der Waals surface area contributed by atoms with Crippen molar-refractivity contribution in [2.45, 2.75) is 38.0 Å². The fourth-order valence-corrected chi connectivity index (χ4v) is 6.07. The lowest BCUT2D eigenvalue weighted by Crippen LogP contribution is -2.37. The van der Waals surface area contributed by atoms with E-state index in [4.69, 9.17) is 0 Å². The second kappa shape index (κ2) is 11.3. The molecule has 0 unspecified atom stereocenters. The predicted octanol–water partition coefficient (Wildman–Crippen LogP) is 3.60. The Labute approximate surface area is 212 Å². The van der Waals surface area contributed by atoms with Crippen LogP contribution in [-0.4, -0.2) is 56.3 Å². The zero-order chi connectivity index (χ0) is 25.7. The third-order valence-corrected chi connectivity index (χ3v) is 8.77. The van der Waals surface area contributed by atoms with Crippen LogP contribution < -0.4 is 15.6 Å². The highest BCUT2D eigenvalue weighted by atomic mass is 32.2. The van der Waals surface area contributed by atoms with Gasteiger partial charge in [-0.05, 0) is 62.4 Å². The summed E-state index contributed by atoms with van der Waals surface area (Å²) in [4.78, 5) is 31.2. The third-order valence-electron chi connectivity index (χ3n) is 6.87. The molecule has 36 heavy (non-hydrogen) atoms. The minimum Gasteiger partial charge on any atom is -0.372 e. The van der Waals surface area contributed by atoms with Gasteiger partial charge in [0, 0.05) is 55.5 Å². The molecule has 1 aromatic heterocycles. The Morgan fingerprint density at radius 2 is 1.86 bits per heavy atom. The van der Waals surface area contributed by atoms with E-state index in [9.17, 15) is 18.0 Å². The van der Waals surface area contributed by atoms with E-state index in [2.05, 4.69) is 41.2 Å². The van der Waals surface area contributed by atoms with E-state index in [1.54, 1.807) is 6.07 Å². The highest BCUT2D eigenvalue weighted by Gasteiger charge is 2.28. The first-order valence-corrected chi connectivity index (χ1v) is 14.0. The van der Waals surface area contributed by atoms with Gasteiger partial charge in [-0.1, -0.05) is 25.1 Å². The van der Waals surface area contributed by atoms with Gasteiger partial charge >= 0.3 is 0 Å². The molecular formula is C27H34N4O4S. The first-order chi connectivity index (χ1) is 17.3. The number of aromatic amines is 1. The summed E-state index contributed by atoms with van der Waals surface area (Å²) in [6.45, 7) is 7.19. The molecule has 2 N–H and O–H groups in total. The van der Waals surface area contributed by atoms with Crippen molar-refractivity contribution in [1.29, 1.82) is 0 Å². The van der Waals surface area contributed by atoms with Crippen molar-refractivity contribution in [1.82, 2.24) is 14.6 Å². The lowest BCUT2D eigenvalue weighted by Gasteiger charge is -2.29. The number of hydrogen-bond donors (Lipinski definition) is 2. The van der Waals surface area contributed by atoms with Crippen molar-refractivity contribution in [2.75, 3.05) is 37.6 Å². The van der Waals surface area contributed by atoms with Crippen molar-refractivity contribution in [3.63, 3.8) is 0 Å². The van der Waals surface area contributed by atoms with Crippen LogP contribution >= 0.6 is 0 Å². The van der Waals surface area contributed by atoms with E-state index in [-0.39, 0.29) is 15.8 Å². The Morgan fingerprint density at radius 1 is 1.14 bits per heavy atom. The molecule has 4 rings (SSSR count). The third kappa shape index (κ3) is 5.63. The molecule has 1 aliphatic rings. The van der Waals surface area contributed by atoms with E-state index in [1.165, 1.54) is 22.6 Å². The van der Waals surface area contributed by atoms with E-state index in [0.717, 1.165) is 38.0 Å². The van der Waals surface area contributed by atoms with Crippen molar-refractivity contribution >= 4 is 32.5 Å². The molecular weight excluding hydrogens is 476 g/mol. The second-order valence-electron chi connectivity index (χ2n) is 9.35. The SMILES string of the molecule is CCN(CCCNC(=O)c1c[nH]c2ccc(S(=O)(=O)N3CCC(C)CC3)cc2c1=O)c1ccccc1. The molecule has 1 aliphatic heterocycles. The molecule has 0 spiro atoms.